The molecule has 0 fully saturated rings. The topological polar surface area (TPSA) is 24.6 Å². The van der Waals surface area contributed by atoms with Crippen LogP contribution in [0, 0.1) is 0 Å². The highest BCUT2D eigenvalue weighted by atomic mass is 15.0. The van der Waals surface area contributed by atoms with Gasteiger partial charge in [-0.1, -0.05) is 419 Å². The number of benzene rings is 27. The number of hydrogen-bond donors (Lipinski definition) is 0. The van der Waals surface area contributed by atoms with Gasteiger partial charge >= 0.3 is 0 Å². The molecule has 0 N–H and O–H groups in total. The highest BCUT2D eigenvalue weighted by molar-refractivity contribution is 6.32. The van der Waals surface area contributed by atoms with Crippen LogP contribution in [0.2, 0.25) is 0 Å². The van der Waals surface area contributed by atoms with E-state index < -0.39 is 0 Å². The fraction of sp³-hybridized carbons (Fsp3) is 0.00690. The summed E-state index contributed by atoms with van der Waals surface area (Å²) in [5, 5.41) is 36.0. The van der Waals surface area contributed by atoms with Crippen LogP contribution in [-0.2, 0) is 0 Å². The first-order valence-corrected chi connectivity index (χ1v) is 52.0. The first-order valence-electron chi connectivity index (χ1n) is 52.0. The van der Waals surface area contributed by atoms with Crippen LogP contribution in [0.25, 0.3) is 279 Å². The van der Waals surface area contributed by atoms with E-state index in [9.17, 15) is 0 Å². The van der Waals surface area contributed by atoms with Gasteiger partial charge in [-0.15, -0.1) is 0 Å². The quantitative estimate of drug-likeness (QED) is 0.138. The molecule has 0 bridgehead atoms. The zero-order chi connectivity index (χ0) is 98.3. The Balaban J connectivity index is 0.000000101. The molecule has 0 amide bonds. The van der Waals surface area contributed by atoms with Crippen LogP contribution in [0.1, 0.15) is 22.6 Å². The molecule has 0 saturated heterocycles. The van der Waals surface area contributed by atoms with Crippen LogP contribution in [-0.4, -0.2) is 22.8 Å². The molecule has 5 heteroatoms. The van der Waals surface area contributed by atoms with E-state index in [1.807, 2.05) is 0 Å². The first-order chi connectivity index (χ1) is 74.5. The highest BCUT2D eigenvalue weighted by Gasteiger charge is 2.34. The van der Waals surface area contributed by atoms with E-state index in [2.05, 4.69) is 569 Å². The predicted octanol–water partition coefficient (Wildman–Crippen LogP) is 39.1. The minimum atomic E-state index is 0.214. The second-order valence-electron chi connectivity index (χ2n) is 40.3. The van der Waals surface area contributed by atoms with Gasteiger partial charge in [-0.05, 0) is 280 Å². The molecule has 32 aromatic rings. The van der Waals surface area contributed by atoms with E-state index in [1.165, 1.54) is 284 Å². The highest BCUT2D eigenvalue weighted by Crippen LogP contribution is 2.55. The van der Waals surface area contributed by atoms with Crippen molar-refractivity contribution < 1.29 is 0 Å². The van der Waals surface area contributed by atoms with Crippen LogP contribution in [0.15, 0.2) is 546 Å². The number of para-hydroxylation sites is 2. The van der Waals surface area contributed by atoms with Crippen LogP contribution in [0.3, 0.4) is 0 Å². The summed E-state index contributed by atoms with van der Waals surface area (Å²) in [6.07, 6.45) is 0. The molecule has 1 aliphatic rings. The summed E-state index contributed by atoms with van der Waals surface area (Å²) in [6, 6.07) is 201. The lowest BCUT2D eigenvalue weighted by Crippen LogP contribution is -2.00. The van der Waals surface area contributed by atoms with Crippen molar-refractivity contribution in [3.05, 3.63) is 563 Å². The Morgan fingerprint density at radius 2 is 0.440 bits per heavy atom. The summed E-state index contributed by atoms with van der Waals surface area (Å²) >= 11 is 0. The summed E-state index contributed by atoms with van der Waals surface area (Å²) < 4.78 is 12.2. The Kier molecular flexibility index (Phi) is 19.2. The molecule has 1 atom stereocenters. The monoisotopic (exact) mass is 1900 g/mol. The van der Waals surface area contributed by atoms with Gasteiger partial charge in [0.2, 0.25) is 0 Å². The van der Waals surface area contributed by atoms with Crippen molar-refractivity contribution in [3.8, 4) is 72.9 Å². The largest absolute Gasteiger partial charge is 0.309 e. The third-order valence-electron chi connectivity index (χ3n) is 32.4. The van der Waals surface area contributed by atoms with Crippen molar-refractivity contribution in [1.29, 1.82) is 0 Å². The molecular weight excluding hydrogens is 1810 g/mol. The second-order valence-corrected chi connectivity index (χ2v) is 40.3. The molecule has 0 aliphatic heterocycles. The molecule has 5 nitrogen and oxygen atoms in total. The summed E-state index contributed by atoms with van der Waals surface area (Å²) in [5.41, 5.74) is 32.2. The predicted molar refractivity (Wildman–Crippen MR) is 638 cm³/mol. The average molecular weight is 1900 g/mol. The maximum atomic E-state index is 2.45. The molecule has 0 spiro atoms. The lowest BCUT2D eigenvalue weighted by atomic mass is 9.85. The molecule has 27 aromatic carbocycles. The number of nitrogens with zero attached hydrogens (tertiary/aromatic N) is 5. The smallest absolute Gasteiger partial charge is 0.0547 e. The first kappa shape index (κ1) is 84.8. The number of hydrogen-bond acceptors (Lipinski definition) is 0. The normalized spacial score (nSPS) is 12.6. The second kappa shape index (κ2) is 34.0. The molecular formula is C145H91N5. The zero-order valence-corrected chi connectivity index (χ0v) is 81.8. The van der Waals surface area contributed by atoms with Gasteiger partial charge in [-0.2, -0.15) is 0 Å². The zero-order valence-electron chi connectivity index (χ0n) is 81.8. The average Bonchev–Trinajstić information content (AvgIpc) is 1.56. The van der Waals surface area contributed by atoms with Crippen molar-refractivity contribution in [2.45, 2.75) is 5.92 Å². The molecule has 33 rings (SSSR count). The molecule has 1 aliphatic carbocycles. The van der Waals surface area contributed by atoms with E-state index in [0.717, 1.165) is 11.4 Å². The lowest BCUT2D eigenvalue weighted by Gasteiger charge is -2.18. The molecule has 5 aromatic heterocycles. The van der Waals surface area contributed by atoms with Crippen LogP contribution < -0.4 is 0 Å². The van der Waals surface area contributed by atoms with Crippen molar-refractivity contribution in [3.63, 3.8) is 0 Å². The summed E-state index contributed by atoms with van der Waals surface area (Å²) in [7, 11) is 0. The van der Waals surface area contributed by atoms with E-state index in [4.69, 9.17) is 0 Å². The minimum absolute atomic E-state index is 0.214. The van der Waals surface area contributed by atoms with Crippen molar-refractivity contribution in [2.24, 2.45) is 0 Å². The third-order valence-corrected chi connectivity index (χ3v) is 32.4. The Hall–Kier alpha value is -19.7. The SMILES string of the molecule is c1ccc(-n2c3cc(-c4ccc(-n5c6ccc7ccccc7c6c6c7ccccc7ccc65)cc4)ccc3c3c4ccccc4ccc32)cc1.c1ccc(C2c3ccccc3-c3cc(-c4ccc(-n5c6ccc7ccccc7c6c6c7ccccc7ccc65)cc4)c4ccccc4c32)cc1.c1ccc2c(-n3c4ccccc4c4cc(-c5ccc(-n6c7ccc8ccccc8c7c7c8ccccc8ccc76)cc5)ccc43)cccc2c1. The number of aromatic nitrogens is 5. The van der Waals surface area contributed by atoms with E-state index in [-0.39, 0.29) is 5.92 Å². The molecule has 1 unspecified atom stereocenters. The van der Waals surface area contributed by atoms with Gasteiger partial charge in [-0.25, -0.2) is 0 Å². The molecule has 696 valence electrons. The van der Waals surface area contributed by atoms with Gasteiger partial charge in [-0.3, -0.25) is 0 Å². The summed E-state index contributed by atoms with van der Waals surface area (Å²) in [4.78, 5) is 0. The summed E-state index contributed by atoms with van der Waals surface area (Å²) in [6.45, 7) is 0. The van der Waals surface area contributed by atoms with Gasteiger partial charge in [0.1, 0.15) is 0 Å². The maximum Gasteiger partial charge on any atom is 0.0547 e. The molecule has 150 heavy (non-hydrogen) atoms. The van der Waals surface area contributed by atoms with Gasteiger partial charge in [0.15, 0.2) is 0 Å². The Morgan fingerprint density at radius 1 is 0.133 bits per heavy atom. The maximum absolute atomic E-state index is 2.45. The minimum Gasteiger partial charge on any atom is -0.309 e. The molecule has 0 radical (unpaired) electrons. The number of fused-ring (bicyclic) bond motifs is 35. The van der Waals surface area contributed by atoms with Gasteiger partial charge < -0.3 is 22.8 Å². The van der Waals surface area contributed by atoms with Crippen molar-refractivity contribution in [1.82, 2.24) is 22.8 Å². The van der Waals surface area contributed by atoms with E-state index >= 15 is 0 Å². The Morgan fingerprint density at radius 3 is 0.893 bits per heavy atom. The Bertz CT molecular complexity index is 11000. The fourth-order valence-electron chi connectivity index (χ4n) is 25.8. The van der Waals surface area contributed by atoms with Crippen LogP contribution >= 0.6 is 0 Å². The van der Waals surface area contributed by atoms with Crippen molar-refractivity contribution >= 4 is 206 Å². The van der Waals surface area contributed by atoms with E-state index in [0.29, 0.717) is 0 Å². The molecule has 5 heterocycles. The van der Waals surface area contributed by atoms with Gasteiger partial charge in [0.25, 0.3) is 0 Å². The van der Waals surface area contributed by atoms with E-state index in [1.54, 1.807) is 0 Å². The third kappa shape index (κ3) is 13.1. The molecule has 0 saturated carbocycles. The standard InChI is InChI=1S/C49H31N.2C48H30N2/c1-2-14-34(15-3-1)46-40-20-10-9-19-39(40)43-30-42(38-18-8-11-21-41(38)47(43)46)33-22-26-35(27-23-33)50-44-28-24-31-12-4-6-16-36(31)48(44)49-37-17-7-5-13-32(37)25-29-45(49)50;1-4-14-37-32(10-1)13-9-19-42(37)50-43-18-8-7-17-40(43)41-30-35(24-27-44(41)50)31-20-25-36(26-21-31)49-45-28-22-33-11-2-5-15-38(33)47(45)48-39-16-6-3-12-34(39)23-29-46(48)49;1-2-13-36(14-3-1)50-42-27-21-32-10-4-7-15-38(32)46(42)41-26-20-35(30-45(41)50)31-18-24-37(25-19-31)49-43-28-22-33-11-5-8-16-39(33)47(43)48-40-17-9-6-12-34(40)23-29-44(48)49/h1-30,46H;2*1-30H. The van der Waals surface area contributed by atoms with Crippen molar-refractivity contribution in [2.75, 3.05) is 0 Å². The van der Waals surface area contributed by atoms with Gasteiger partial charge in [0.05, 0.1) is 60.9 Å². The Labute approximate surface area is 864 Å². The van der Waals surface area contributed by atoms with Crippen LogP contribution in [0.4, 0.5) is 0 Å². The summed E-state index contributed by atoms with van der Waals surface area (Å²) in [5.74, 6) is 0.214. The fourth-order valence-corrected chi connectivity index (χ4v) is 25.8. The number of rotatable bonds is 9. The lowest BCUT2D eigenvalue weighted by molar-refractivity contribution is 1.03. The van der Waals surface area contributed by atoms with Gasteiger partial charge in [0, 0.05) is 87.9 Å². The van der Waals surface area contributed by atoms with Crippen LogP contribution in [0.5, 0.6) is 0 Å².